The number of likely N-dealkylation sites (N-methyl/N-ethyl adjacent to an activating group) is 1. The van der Waals surface area contributed by atoms with Gasteiger partial charge in [0.2, 0.25) is 5.91 Å². The zero-order chi connectivity index (χ0) is 14.0. The first-order valence-electron chi connectivity index (χ1n) is 6.17. The number of rotatable bonds is 4. The van der Waals surface area contributed by atoms with Gasteiger partial charge in [0.25, 0.3) is 0 Å². The number of thiazole rings is 1. The smallest absolute Gasteiger partial charge is 0.228 e. The predicted octanol–water partition coefficient (Wildman–Crippen LogP) is -0.689. The second kappa shape index (κ2) is 5.96. The molecule has 106 valence electrons. The lowest BCUT2D eigenvalue weighted by molar-refractivity contribution is -0.127. The van der Waals surface area contributed by atoms with E-state index in [2.05, 4.69) is 4.98 Å². The molecule has 1 saturated heterocycles. The van der Waals surface area contributed by atoms with Gasteiger partial charge in [-0.25, -0.2) is 4.98 Å². The number of aromatic nitrogens is 1. The maximum absolute atomic E-state index is 11.6. The highest BCUT2D eigenvalue weighted by molar-refractivity contribution is 7.09. The molecule has 0 radical (unpaired) electrons. The normalized spacial score (nSPS) is 23.8. The Bertz CT molecular complexity index is 439. The Kier molecular flexibility index (Phi) is 4.51. The van der Waals surface area contributed by atoms with Gasteiger partial charge in [-0.15, -0.1) is 11.3 Å². The minimum absolute atomic E-state index is 0.0351. The molecule has 2 heterocycles. The van der Waals surface area contributed by atoms with Crippen LogP contribution in [0.3, 0.4) is 0 Å². The van der Waals surface area contributed by atoms with Crippen molar-refractivity contribution in [3.05, 3.63) is 16.1 Å². The van der Waals surface area contributed by atoms with Crippen LogP contribution in [0, 0.1) is 0 Å². The fourth-order valence-corrected chi connectivity index (χ4v) is 2.77. The first kappa shape index (κ1) is 14.4. The first-order valence-corrected chi connectivity index (χ1v) is 7.05. The number of nitrogens with zero attached hydrogens (tertiary/aromatic N) is 3. The van der Waals surface area contributed by atoms with Crippen LogP contribution >= 0.6 is 11.3 Å². The molecule has 1 aliphatic heterocycles. The lowest BCUT2D eigenvalue weighted by atomic mass is 10.3. The van der Waals surface area contributed by atoms with Crippen LogP contribution in [0.15, 0.2) is 5.38 Å². The van der Waals surface area contributed by atoms with Gasteiger partial charge in [-0.2, -0.15) is 0 Å². The molecule has 7 heteroatoms. The van der Waals surface area contributed by atoms with Gasteiger partial charge in [-0.3, -0.25) is 9.69 Å². The van der Waals surface area contributed by atoms with Crippen LogP contribution in [-0.4, -0.2) is 70.3 Å². The van der Waals surface area contributed by atoms with E-state index >= 15 is 0 Å². The SMILES string of the molecule is CN(C)C(=O)Cc1nc(CN2C[C@@H](O)[C@@H](O)C2)cs1. The molecule has 19 heavy (non-hydrogen) atoms. The number of likely N-dealkylation sites (tertiary alicyclic amines) is 1. The zero-order valence-electron chi connectivity index (χ0n) is 11.1. The van der Waals surface area contributed by atoms with Crippen molar-refractivity contribution >= 4 is 17.2 Å². The highest BCUT2D eigenvalue weighted by Gasteiger charge is 2.29. The summed E-state index contributed by atoms with van der Waals surface area (Å²) in [7, 11) is 3.45. The first-order chi connectivity index (χ1) is 8.95. The minimum Gasteiger partial charge on any atom is -0.389 e. The number of amides is 1. The molecule has 0 saturated carbocycles. The van der Waals surface area contributed by atoms with E-state index in [0.29, 0.717) is 26.1 Å². The summed E-state index contributed by atoms with van der Waals surface area (Å²) in [5.74, 6) is 0.0351. The van der Waals surface area contributed by atoms with Gasteiger partial charge in [-0.1, -0.05) is 0 Å². The van der Waals surface area contributed by atoms with Gasteiger partial charge in [0.15, 0.2) is 0 Å². The fourth-order valence-electron chi connectivity index (χ4n) is 2.00. The average Bonchev–Trinajstić information content (AvgIpc) is 2.87. The van der Waals surface area contributed by atoms with E-state index in [0.717, 1.165) is 10.7 Å². The van der Waals surface area contributed by atoms with Crippen molar-refractivity contribution in [2.75, 3.05) is 27.2 Å². The molecular formula is C12H19N3O3S. The number of hydrogen-bond acceptors (Lipinski definition) is 6. The van der Waals surface area contributed by atoms with E-state index in [1.54, 1.807) is 19.0 Å². The second-order valence-electron chi connectivity index (χ2n) is 5.03. The van der Waals surface area contributed by atoms with E-state index in [1.807, 2.05) is 10.3 Å². The maximum Gasteiger partial charge on any atom is 0.228 e. The van der Waals surface area contributed by atoms with E-state index in [-0.39, 0.29) is 5.91 Å². The molecule has 1 aromatic rings. The summed E-state index contributed by atoms with van der Waals surface area (Å²) in [6.45, 7) is 1.52. The average molecular weight is 285 g/mol. The highest BCUT2D eigenvalue weighted by Crippen LogP contribution is 2.17. The van der Waals surface area contributed by atoms with Crippen LogP contribution < -0.4 is 0 Å². The Hall–Kier alpha value is -1.02. The van der Waals surface area contributed by atoms with Gasteiger partial charge < -0.3 is 15.1 Å². The third-order valence-electron chi connectivity index (χ3n) is 3.12. The van der Waals surface area contributed by atoms with Crippen molar-refractivity contribution in [3.8, 4) is 0 Å². The molecule has 2 N–H and O–H groups in total. The Labute approximate surface area is 116 Å². The predicted molar refractivity (Wildman–Crippen MR) is 71.8 cm³/mol. The number of carbonyl (C=O) groups is 1. The third-order valence-corrected chi connectivity index (χ3v) is 4.02. The van der Waals surface area contributed by atoms with Gasteiger partial charge in [-0.05, 0) is 0 Å². The van der Waals surface area contributed by atoms with Crippen LogP contribution in [0.2, 0.25) is 0 Å². The maximum atomic E-state index is 11.6. The van der Waals surface area contributed by atoms with Crippen LogP contribution in [-0.2, 0) is 17.8 Å². The fraction of sp³-hybridized carbons (Fsp3) is 0.667. The largest absolute Gasteiger partial charge is 0.389 e. The zero-order valence-corrected chi connectivity index (χ0v) is 11.9. The number of hydrogen-bond donors (Lipinski definition) is 2. The molecule has 6 nitrogen and oxygen atoms in total. The molecule has 1 aromatic heterocycles. The molecule has 1 fully saturated rings. The lowest BCUT2D eigenvalue weighted by Crippen LogP contribution is -2.23. The molecule has 2 atom stereocenters. The van der Waals surface area contributed by atoms with Crippen molar-refractivity contribution in [1.82, 2.24) is 14.8 Å². The molecule has 0 aliphatic carbocycles. The Morgan fingerprint density at radius 1 is 1.47 bits per heavy atom. The standard InChI is InChI=1S/C12H19N3O3S/c1-14(2)12(18)3-11-13-8(7-19-11)4-15-5-9(16)10(17)6-15/h7,9-10,16-17H,3-6H2,1-2H3/t9-,10+. The van der Waals surface area contributed by atoms with Crippen LogP contribution in [0.1, 0.15) is 10.7 Å². The molecule has 0 unspecified atom stereocenters. The monoisotopic (exact) mass is 285 g/mol. The van der Waals surface area contributed by atoms with Gasteiger partial charge in [0, 0.05) is 39.1 Å². The van der Waals surface area contributed by atoms with Crippen LogP contribution in [0.5, 0.6) is 0 Å². The summed E-state index contributed by atoms with van der Waals surface area (Å²) in [4.78, 5) is 19.5. The third kappa shape index (κ3) is 3.73. The van der Waals surface area contributed by atoms with Crippen LogP contribution in [0.4, 0.5) is 0 Å². The Balaban J connectivity index is 1.89. The van der Waals surface area contributed by atoms with E-state index in [9.17, 15) is 15.0 Å². The Morgan fingerprint density at radius 3 is 2.68 bits per heavy atom. The van der Waals surface area contributed by atoms with Crippen molar-refractivity contribution < 1.29 is 15.0 Å². The number of carbonyl (C=O) groups excluding carboxylic acids is 1. The van der Waals surface area contributed by atoms with E-state index < -0.39 is 12.2 Å². The summed E-state index contributed by atoms with van der Waals surface area (Å²) < 4.78 is 0. The van der Waals surface area contributed by atoms with Crippen molar-refractivity contribution in [1.29, 1.82) is 0 Å². The molecule has 2 rings (SSSR count). The van der Waals surface area contributed by atoms with Gasteiger partial charge in [0.05, 0.1) is 24.3 Å². The molecule has 0 bridgehead atoms. The molecular weight excluding hydrogens is 266 g/mol. The topological polar surface area (TPSA) is 76.9 Å². The minimum atomic E-state index is -0.673. The quantitative estimate of drug-likeness (QED) is 0.766. The summed E-state index contributed by atoms with van der Waals surface area (Å²) in [5, 5.41) is 21.7. The van der Waals surface area contributed by atoms with E-state index in [4.69, 9.17) is 0 Å². The van der Waals surface area contributed by atoms with E-state index in [1.165, 1.54) is 11.3 Å². The summed E-state index contributed by atoms with van der Waals surface area (Å²) in [6, 6.07) is 0. The molecule has 1 amide bonds. The molecule has 0 spiro atoms. The summed E-state index contributed by atoms with van der Waals surface area (Å²) >= 11 is 1.47. The number of aliphatic hydroxyl groups excluding tert-OH is 2. The van der Waals surface area contributed by atoms with Gasteiger partial charge >= 0.3 is 0 Å². The van der Waals surface area contributed by atoms with Crippen molar-refractivity contribution in [3.63, 3.8) is 0 Å². The summed E-state index contributed by atoms with van der Waals surface area (Å²) in [6.07, 6.45) is -1.02. The Morgan fingerprint density at radius 2 is 2.11 bits per heavy atom. The lowest BCUT2D eigenvalue weighted by Gasteiger charge is -2.12. The molecule has 1 aliphatic rings. The molecule has 0 aromatic carbocycles. The summed E-state index contributed by atoms with van der Waals surface area (Å²) in [5.41, 5.74) is 0.882. The van der Waals surface area contributed by atoms with Gasteiger partial charge in [0.1, 0.15) is 5.01 Å². The van der Waals surface area contributed by atoms with Crippen molar-refractivity contribution in [2.45, 2.75) is 25.2 Å². The number of β-amino-alcohol motifs (C(OH)–C–C–N with tert-alkyl or cyclic N) is 2. The second-order valence-corrected chi connectivity index (χ2v) is 5.97. The van der Waals surface area contributed by atoms with Crippen molar-refractivity contribution in [2.24, 2.45) is 0 Å². The highest BCUT2D eigenvalue weighted by atomic mass is 32.1. The van der Waals surface area contributed by atoms with Crippen LogP contribution in [0.25, 0.3) is 0 Å². The number of aliphatic hydroxyl groups is 2.